The Morgan fingerprint density at radius 1 is 1.46 bits per heavy atom. The molecule has 24 heavy (non-hydrogen) atoms. The van der Waals surface area contributed by atoms with Crippen molar-refractivity contribution in [3.63, 3.8) is 0 Å². The Balaban J connectivity index is 1.58. The van der Waals surface area contributed by atoms with E-state index in [1.54, 1.807) is 17.2 Å². The smallest absolute Gasteiger partial charge is 0.287 e. The van der Waals surface area contributed by atoms with E-state index in [1.165, 1.54) is 23.6 Å². The summed E-state index contributed by atoms with van der Waals surface area (Å²) in [6.07, 6.45) is 4.66. The van der Waals surface area contributed by atoms with Crippen molar-refractivity contribution < 1.29 is 9.72 Å². The monoisotopic (exact) mass is 347 g/mol. The van der Waals surface area contributed by atoms with E-state index in [4.69, 9.17) is 0 Å². The van der Waals surface area contributed by atoms with Crippen molar-refractivity contribution in [2.45, 2.75) is 25.8 Å². The highest BCUT2D eigenvalue weighted by molar-refractivity contribution is 7.13. The van der Waals surface area contributed by atoms with Crippen molar-refractivity contribution in [2.75, 3.05) is 18.4 Å². The maximum Gasteiger partial charge on any atom is 0.287 e. The molecule has 2 aromatic rings. The zero-order chi connectivity index (χ0) is 17.1. The molecule has 1 atom stereocenters. The van der Waals surface area contributed by atoms with E-state index in [9.17, 15) is 14.9 Å². The third kappa shape index (κ3) is 3.51. The summed E-state index contributed by atoms with van der Waals surface area (Å²) in [5.74, 6) is 0.531. The molecule has 0 unspecified atom stereocenters. The van der Waals surface area contributed by atoms with Crippen LogP contribution in [0.5, 0.6) is 0 Å². The first kappa shape index (κ1) is 16.3. The first-order chi connectivity index (χ1) is 11.6. The molecule has 3 rings (SSSR count). The molecular formula is C15H17N5O3S. The van der Waals surface area contributed by atoms with Crippen LogP contribution in [-0.2, 0) is 6.42 Å². The molecule has 0 radical (unpaired) electrons. The van der Waals surface area contributed by atoms with Crippen LogP contribution in [0, 0.1) is 10.1 Å². The van der Waals surface area contributed by atoms with Crippen molar-refractivity contribution in [3.05, 3.63) is 44.5 Å². The van der Waals surface area contributed by atoms with Crippen molar-refractivity contribution >= 4 is 28.7 Å². The Morgan fingerprint density at radius 3 is 2.92 bits per heavy atom. The third-order valence-corrected chi connectivity index (χ3v) is 5.00. The highest BCUT2D eigenvalue weighted by Crippen LogP contribution is 2.21. The number of hydrogen-bond acceptors (Lipinski definition) is 7. The number of hydrogen-bond donors (Lipinski definition) is 1. The van der Waals surface area contributed by atoms with Crippen LogP contribution in [0.25, 0.3) is 0 Å². The number of carbonyl (C=O) groups is 1. The second-order valence-electron chi connectivity index (χ2n) is 5.53. The number of nitro groups is 1. The molecule has 0 bridgehead atoms. The minimum atomic E-state index is -0.481. The van der Waals surface area contributed by atoms with E-state index in [2.05, 4.69) is 15.3 Å². The number of aryl methyl sites for hydroxylation is 1. The van der Waals surface area contributed by atoms with E-state index in [1.807, 2.05) is 6.92 Å². The number of thiazole rings is 1. The first-order valence-electron chi connectivity index (χ1n) is 7.67. The van der Waals surface area contributed by atoms with Crippen LogP contribution in [0.15, 0.2) is 24.5 Å². The molecule has 0 spiro atoms. The second kappa shape index (κ2) is 6.91. The molecule has 2 aromatic heterocycles. The number of pyridine rings is 1. The lowest BCUT2D eigenvalue weighted by Crippen LogP contribution is -2.31. The summed E-state index contributed by atoms with van der Waals surface area (Å²) >= 11 is 1.44. The molecule has 1 amide bonds. The quantitative estimate of drug-likeness (QED) is 0.658. The lowest BCUT2D eigenvalue weighted by Gasteiger charge is -2.16. The Labute approximate surface area is 142 Å². The second-order valence-corrected chi connectivity index (χ2v) is 6.64. The maximum atomic E-state index is 12.4. The molecular weight excluding hydrogens is 330 g/mol. The number of likely N-dealkylation sites (tertiary alicyclic amines) is 1. The normalized spacial score (nSPS) is 17.0. The summed E-state index contributed by atoms with van der Waals surface area (Å²) in [6, 6.07) is 3.07. The SMILES string of the molecule is CCc1cnc(C(=O)N2CC[C@@H](Nc3ccc([N+](=O)[O-])cn3)C2)s1. The fraction of sp³-hybridized carbons (Fsp3) is 0.400. The summed E-state index contributed by atoms with van der Waals surface area (Å²) in [4.78, 5) is 33.7. The lowest BCUT2D eigenvalue weighted by atomic mass is 10.2. The molecule has 1 N–H and O–H groups in total. The molecule has 0 saturated carbocycles. The van der Waals surface area contributed by atoms with Gasteiger partial charge in [-0.1, -0.05) is 6.92 Å². The fourth-order valence-electron chi connectivity index (χ4n) is 2.56. The molecule has 0 aliphatic carbocycles. The fourth-order valence-corrected chi connectivity index (χ4v) is 3.38. The molecule has 8 nitrogen and oxygen atoms in total. The van der Waals surface area contributed by atoms with E-state index in [0.717, 1.165) is 17.7 Å². The van der Waals surface area contributed by atoms with E-state index >= 15 is 0 Å². The van der Waals surface area contributed by atoms with Crippen LogP contribution in [0.1, 0.15) is 28.0 Å². The summed E-state index contributed by atoms with van der Waals surface area (Å²) < 4.78 is 0. The van der Waals surface area contributed by atoms with E-state index in [0.29, 0.717) is 23.9 Å². The van der Waals surface area contributed by atoms with E-state index < -0.39 is 4.92 Å². The molecule has 3 heterocycles. The number of aromatic nitrogens is 2. The molecule has 1 fully saturated rings. The summed E-state index contributed by atoms with van der Waals surface area (Å²) in [6.45, 7) is 3.26. The third-order valence-electron chi connectivity index (χ3n) is 3.87. The molecule has 1 aliphatic heterocycles. The number of nitrogens with zero attached hydrogens (tertiary/aromatic N) is 4. The van der Waals surface area contributed by atoms with Crippen LogP contribution in [-0.4, -0.2) is 44.8 Å². The van der Waals surface area contributed by atoms with Gasteiger partial charge in [0.1, 0.15) is 12.0 Å². The number of rotatable bonds is 5. The summed E-state index contributed by atoms with van der Waals surface area (Å²) in [5.41, 5.74) is -0.0423. The molecule has 126 valence electrons. The lowest BCUT2D eigenvalue weighted by molar-refractivity contribution is -0.385. The van der Waals surface area contributed by atoms with Gasteiger partial charge in [0.2, 0.25) is 0 Å². The standard InChI is InChI=1S/C15H17N5O3S/c1-2-12-8-17-14(24-12)15(21)19-6-5-10(9-19)18-13-4-3-11(7-16-13)20(22)23/h3-4,7-8,10H,2,5-6,9H2,1H3,(H,16,18)/t10-/m1/s1. The van der Waals surface area contributed by atoms with Gasteiger partial charge in [0.15, 0.2) is 5.01 Å². The Morgan fingerprint density at radius 2 is 2.29 bits per heavy atom. The largest absolute Gasteiger partial charge is 0.365 e. The van der Waals surface area contributed by atoms with Crippen LogP contribution in [0.2, 0.25) is 0 Å². The number of anilines is 1. The summed E-state index contributed by atoms with van der Waals surface area (Å²) in [7, 11) is 0. The van der Waals surface area contributed by atoms with Crippen molar-refractivity contribution in [1.82, 2.24) is 14.9 Å². The van der Waals surface area contributed by atoms with Gasteiger partial charge in [-0.15, -0.1) is 11.3 Å². The van der Waals surface area contributed by atoms with Crippen molar-refractivity contribution in [3.8, 4) is 0 Å². The van der Waals surface area contributed by atoms with Gasteiger partial charge in [-0.25, -0.2) is 9.97 Å². The number of amides is 1. The molecule has 9 heteroatoms. The maximum absolute atomic E-state index is 12.4. The first-order valence-corrected chi connectivity index (χ1v) is 8.49. The Kier molecular flexibility index (Phi) is 4.70. The van der Waals surface area contributed by atoms with Gasteiger partial charge in [-0.05, 0) is 18.9 Å². The van der Waals surface area contributed by atoms with Gasteiger partial charge in [0.05, 0.1) is 4.92 Å². The predicted molar refractivity (Wildman–Crippen MR) is 90.3 cm³/mol. The summed E-state index contributed by atoms with van der Waals surface area (Å²) in [5, 5.41) is 14.4. The molecule has 1 saturated heterocycles. The van der Waals surface area contributed by atoms with Gasteiger partial charge in [-0.3, -0.25) is 14.9 Å². The molecule has 1 aliphatic rings. The zero-order valence-electron chi connectivity index (χ0n) is 13.1. The van der Waals surface area contributed by atoms with Gasteiger partial charge < -0.3 is 10.2 Å². The van der Waals surface area contributed by atoms with Gasteiger partial charge in [0.25, 0.3) is 11.6 Å². The highest BCUT2D eigenvalue weighted by Gasteiger charge is 2.28. The van der Waals surface area contributed by atoms with Gasteiger partial charge >= 0.3 is 0 Å². The van der Waals surface area contributed by atoms with Gasteiger partial charge in [0, 0.05) is 36.3 Å². The van der Waals surface area contributed by atoms with Crippen LogP contribution < -0.4 is 5.32 Å². The van der Waals surface area contributed by atoms with Crippen LogP contribution in [0.3, 0.4) is 0 Å². The van der Waals surface area contributed by atoms with Crippen molar-refractivity contribution in [2.24, 2.45) is 0 Å². The minimum Gasteiger partial charge on any atom is -0.365 e. The highest BCUT2D eigenvalue weighted by atomic mass is 32.1. The van der Waals surface area contributed by atoms with Crippen LogP contribution >= 0.6 is 11.3 Å². The van der Waals surface area contributed by atoms with Crippen LogP contribution in [0.4, 0.5) is 11.5 Å². The Bertz CT molecular complexity index is 746. The minimum absolute atomic E-state index is 0.0411. The topological polar surface area (TPSA) is 101 Å². The predicted octanol–water partition coefficient (Wildman–Crippen LogP) is 2.34. The van der Waals surface area contributed by atoms with Gasteiger partial charge in [-0.2, -0.15) is 0 Å². The number of nitrogens with one attached hydrogen (secondary N) is 1. The molecule has 0 aromatic carbocycles. The average Bonchev–Trinajstić information content (AvgIpc) is 3.24. The Hall–Kier alpha value is -2.55. The average molecular weight is 347 g/mol. The van der Waals surface area contributed by atoms with Crippen molar-refractivity contribution in [1.29, 1.82) is 0 Å². The number of carbonyl (C=O) groups excluding carboxylic acids is 1. The van der Waals surface area contributed by atoms with E-state index in [-0.39, 0.29) is 17.6 Å². The zero-order valence-corrected chi connectivity index (χ0v) is 14.0.